The fraction of sp³-hybridized carbons (Fsp3) is 1.00. The van der Waals surface area contributed by atoms with Gasteiger partial charge in [0.25, 0.3) is 5.92 Å². The first-order valence-corrected chi connectivity index (χ1v) is 2.15. The molecule has 0 N–H and O–H groups in total. The van der Waals surface area contributed by atoms with Gasteiger partial charge in [-0.1, -0.05) is 0 Å². The first-order valence-electron chi connectivity index (χ1n) is 1.62. The van der Waals surface area contributed by atoms with E-state index in [0.717, 1.165) is 0 Å². The molecule has 0 aromatic carbocycles. The van der Waals surface area contributed by atoms with Crippen molar-refractivity contribution in [1.29, 1.82) is 0 Å². The molecule has 7 heavy (non-hydrogen) atoms. The summed E-state index contributed by atoms with van der Waals surface area (Å²) < 4.78 is 33.7. The van der Waals surface area contributed by atoms with E-state index in [2.05, 4.69) is 11.6 Å². The summed E-state index contributed by atoms with van der Waals surface area (Å²) in [6.45, 7) is -1.67. The van der Waals surface area contributed by atoms with E-state index in [4.69, 9.17) is 0 Å². The number of halogens is 4. The average molecular weight is 133 g/mol. The molecule has 0 aromatic rings. The number of alkyl halides is 4. The maximum atomic E-state index is 11.4. The highest BCUT2D eigenvalue weighted by molar-refractivity contribution is 6.18. The van der Waals surface area contributed by atoms with Crippen molar-refractivity contribution in [2.45, 2.75) is 5.92 Å². The minimum atomic E-state index is -3.32. The van der Waals surface area contributed by atoms with Crippen LogP contribution in [0.1, 0.15) is 0 Å². The molecule has 0 aliphatic heterocycles. The van der Waals surface area contributed by atoms with Crippen LogP contribution in [-0.4, -0.2) is 18.5 Å². The number of hydrogen-bond acceptors (Lipinski definition) is 0. The summed E-state index contributed by atoms with van der Waals surface area (Å²) in [5, 5.41) is 0. The molecule has 0 nitrogen and oxygen atoms in total. The van der Waals surface area contributed by atoms with Crippen LogP contribution < -0.4 is 0 Å². The molecule has 0 aromatic heterocycles. The first-order chi connectivity index (χ1) is 3.12. The maximum absolute atomic E-state index is 11.4. The van der Waals surface area contributed by atoms with Gasteiger partial charge in [-0.15, -0.1) is 11.6 Å². The van der Waals surface area contributed by atoms with E-state index >= 15 is 0 Å². The first kappa shape index (κ1) is 7.08. The monoisotopic (exact) mass is 132 g/mol. The highest BCUT2D eigenvalue weighted by atomic mass is 35.5. The molecule has 0 atom stereocenters. The molecule has 0 amide bonds. The molecule has 0 saturated heterocycles. The molecule has 0 rings (SSSR count). The van der Waals surface area contributed by atoms with Crippen LogP contribution >= 0.6 is 11.6 Å². The van der Waals surface area contributed by atoms with Crippen molar-refractivity contribution in [2.24, 2.45) is 0 Å². The summed E-state index contributed by atoms with van der Waals surface area (Å²) in [5.41, 5.74) is 0. The smallest absolute Gasteiger partial charge is 0.244 e. The molecule has 0 aliphatic carbocycles. The lowest BCUT2D eigenvalue weighted by molar-refractivity contribution is 0.000720. The second kappa shape index (κ2) is 2.40. The Hall–Kier alpha value is 0.0800. The van der Waals surface area contributed by atoms with Crippen molar-refractivity contribution >= 4 is 11.6 Å². The van der Waals surface area contributed by atoms with Gasteiger partial charge >= 0.3 is 0 Å². The Balaban J connectivity index is 3.36. The van der Waals surface area contributed by atoms with E-state index in [-0.39, 0.29) is 0 Å². The fourth-order valence-electron chi connectivity index (χ4n) is 0.0357. The van der Waals surface area contributed by atoms with Crippen LogP contribution in [0.15, 0.2) is 0 Å². The lowest BCUT2D eigenvalue weighted by Gasteiger charge is -2.04. The summed E-state index contributed by atoms with van der Waals surface area (Å²) in [6, 6.07) is 0. The van der Waals surface area contributed by atoms with Crippen molar-refractivity contribution in [3.63, 3.8) is 0 Å². The lowest BCUT2D eigenvalue weighted by atomic mass is 10.4. The molecule has 0 heterocycles. The van der Waals surface area contributed by atoms with E-state index in [9.17, 15) is 13.2 Å². The Labute approximate surface area is 44.3 Å². The van der Waals surface area contributed by atoms with Crippen molar-refractivity contribution in [3.05, 3.63) is 0 Å². The Kier molecular flexibility index (Phi) is 2.43. The summed E-state index contributed by atoms with van der Waals surface area (Å²) in [7, 11) is 0. The Morgan fingerprint density at radius 2 is 1.86 bits per heavy atom. The second-order valence-electron chi connectivity index (χ2n) is 1.12. The van der Waals surface area contributed by atoms with Gasteiger partial charge in [0.2, 0.25) is 0 Å². The molecule has 0 fully saturated rings. The minimum Gasteiger partial charge on any atom is -0.244 e. The SMILES string of the molecule is FCC(F)(F)CCl. The van der Waals surface area contributed by atoms with E-state index in [1.165, 1.54) is 0 Å². The van der Waals surface area contributed by atoms with Gasteiger partial charge in [-0.2, -0.15) is 0 Å². The largest absolute Gasteiger partial charge is 0.289 e. The van der Waals surface area contributed by atoms with E-state index in [1.54, 1.807) is 0 Å². The molecule has 0 saturated carbocycles. The minimum absolute atomic E-state index is 0.941. The molecule has 0 spiro atoms. The van der Waals surface area contributed by atoms with Crippen molar-refractivity contribution < 1.29 is 13.2 Å². The third kappa shape index (κ3) is 2.74. The normalized spacial score (nSPS) is 12.0. The molecule has 0 bridgehead atoms. The van der Waals surface area contributed by atoms with Gasteiger partial charge in [0.1, 0.15) is 0 Å². The predicted octanol–water partition coefficient (Wildman–Crippen LogP) is 1.83. The van der Waals surface area contributed by atoms with Crippen LogP contribution in [0.4, 0.5) is 13.2 Å². The van der Waals surface area contributed by atoms with Crippen molar-refractivity contribution in [1.82, 2.24) is 0 Å². The van der Waals surface area contributed by atoms with Crippen LogP contribution in [0, 0.1) is 0 Å². The van der Waals surface area contributed by atoms with Crippen LogP contribution in [0.2, 0.25) is 0 Å². The van der Waals surface area contributed by atoms with Crippen molar-refractivity contribution in [2.75, 3.05) is 12.6 Å². The molecular formula is C3H4ClF3. The molecule has 0 radical (unpaired) electrons. The molecule has 0 unspecified atom stereocenters. The summed E-state index contributed by atoms with van der Waals surface area (Å²) in [6.07, 6.45) is 0. The van der Waals surface area contributed by atoms with Gasteiger partial charge in [0, 0.05) is 0 Å². The average Bonchev–Trinajstić information content (AvgIpc) is 1.68. The zero-order valence-corrected chi connectivity index (χ0v) is 4.18. The van der Waals surface area contributed by atoms with Gasteiger partial charge in [-0.25, -0.2) is 13.2 Å². The van der Waals surface area contributed by atoms with Gasteiger partial charge in [0.15, 0.2) is 6.67 Å². The Morgan fingerprint density at radius 3 is 1.86 bits per heavy atom. The predicted molar refractivity (Wildman–Crippen MR) is 21.6 cm³/mol. The Bertz CT molecular complexity index is 48.1. The molecule has 4 heteroatoms. The topological polar surface area (TPSA) is 0 Å². The van der Waals surface area contributed by atoms with Gasteiger partial charge in [0.05, 0.1) is 5.88 Å². The highest BCUT2D eigenvalue weighted by Gasteiger charge is 2.26. The van der Waals surface area contributed by atoms with Crippen LogP contribution in [0.25, 0.3) is 0 Å². The second-order valence-corrected chi connectivity index (χ2v) is 1.39. The third-order valence-electron chi connectivity index (χ3n) is 0.391. The van der Waals surface area contributed by atoms with E-state index in [0.29, 0.717) is 0 Å². The van der Waals surface area contributed by atoms with Gasteiger partial charge in [-0.3, -0.25) is 0 Å². The Morgan fingerprint density at radius 1 is 1.43 bits per heavy atom. The lowest BCUT2D eigenvalue weighted by Crippen LogP contribution is -2.20. The van der Waals surface area contributed by atoms with Crippen LogP contribution in [0.3, 0.4) is 0 Å². The van der Waals surface area contributed by atoms with Gasteiger partial charge < -0.3 is 0 Å². The quantitative estimate of drug-likeness (QED) is 0.503. The van der Waals surface area contributed by atoms with Crippen LogP contribution in [0.5, 0.6) is 0 Å². The molecule has 44 valence electrons. The highest BCUT2D eigenvalue weighted by Crippen LogP contribution is 2.14. The van der Waals surface area contributed by atoms with Gasteiger partial charge in [-0.05, 0) is 0 Å². The fourth-order valence-corrected chi connectivity index (χ4v) is 0.107. The zero-order chi connectivity index (χ0) is 5.91. The van der Waals surface area contributed by atoms with Crippen molar-refractivity contribution in [3.8, 4) is 0 Å². The third-order valence-corrected chi connectivity index (χ3v) is 0.782. The summed E-state index contributed by atoms with van der Waals surface area (Å²) in [4.78, 5) is 0. The molecule has 0 aliphatic rings. The number of rotatable bonds is 2. The summed E-state index contributed by atoms with van der Waals surface area (Å²) in [5.74, 6) is -4.26. The maximum Gasteiger partial charge on any atom is 0.289 e. The van der Waals surface area contributed by atoms with Crippen LogP contribution in [-0.2, 0) is 0 Å². The zero-order valence-electron chi connectivity index (χ0n) is 3.43. The number of hydrogen-bond donors (Lipinski definition) is 0. The van der Waals surface area contributed by atoms with E-state index in [1.807, 2.05) is 0 Å². The summed E-state index contributed by atoms with van der Waals surface area (Å²) >= 11 is 4.60. The van der Waals surface area contributed by atoms with E-state index < -0.39 is 18.5 Å². The molecular weight excluding hydrogens is 128 g/mol. The standard InChI is InChI=1S/C3H4ClF3/c4-1-3(6,7)2-5/h1-2H2.